The molecule has 0 N–H and O–H groups in total. The molecule has 12 heavy (non-hydrogen) atoms. The summed E-state index contributed by atoms with van der Waals surface area (Å²) < 4.78 is 0.732. The highest BCUT2D eigenvalue weighted by molar-refractivity contribution is 6.18. The van der Waals surface area contributed by atoms with Crippen LogP contribution >= 0.6 is 23.2 Å². The van der Waals surface area contributed by atoms with Gasteiger partial charge in [0.05, 0.1) is 5.88 Å². The van der Waals surface area contributed by atoms with Crippen LogP contribution in [0.25, 0.3) is 0 Å². The van der Waals surface area contributed by atoms with E-state index in [0.717, 1.165) is 43.7 Å². The summed E-state index contributed by atoms with van der Waals surface area (Å²) in [6.07, 6.45) is 2.16. The first-order valence-electron chi connectivity index (χ1n) is 4.45. The van der Waals surface area contributed by atoms with Gasteiger partial charge in [-0.2, -0.15) is 4.65 Å². The van der Waals surface area contributed by atoms with Gasteiger partial charge in [-0.15, -0.1) is 23.2 Å². The maximum absolute atomic E-state index is 5.72. The average molecular weight is 213 g/mol. The van der Waals surface area contributed by atoms with E-state index in [4.69, 9.17) is 28.0 Å². The Balaban J connectivity index is 2.35. The molecule has 0 bridgehead atoms. The van der Waals surface area contributed by atoms with Gasteiger partial charge in [0.15, 0.2) is 0 Å². The van der Waals surface area contributed by atoms with Crippen LogP contribution in [0.5, 0.6) is 0 Å². The zero-order chi connectivity index (χ0) is 8.86. The third kappa shape index (κ3) is 2.77. The normalized spacial score (nSPS) is 29.5. The molecule has 72 valence electrons. The molecule has 1 aliphatic rings. The van der Waals surface area contributed by atoms with E-state index in [1.165, 1.54) is 0 Å². The summed E-state index contributed by atoms with van der Waals surface area (Å²) >= 11 is 11.4. The monoisotopic (exact) mass is 212 g/mol. The Hall–Kier alpha value is 0.500. The van der Waals surface area contributed by atoms with Crippen LogP contribution in [-0.2, 0) is 4.84 Å². The van der Waals surface area contributed by atoms with E-state index in [2.05, 4.69) is 0 Å². The lowest BCUT2D eigenvalue weighted by Gasteiger charge is -2.29. The van der Waals surface area contributed by atoms with E-state index in [9.17, 15) is 0 Å². The highest BCUT2D eigenvalue weighted by Gasteiger charge is 2.33. The van der Waals surface area contributed by atoms with Gasteiger partial charge in [-0.3, -0.25) is 0 Å². The van der Waals surface area contributed by atoms with Gasteiger partial charge in [-0.1, -0.05) is 0 Å². The van der Waals surface area contributed by atoms with Crippen molar-refractivity contribution in [2.75, 3.05) is 38.0 Å². The Morgan fingerprint density at radius 1 is 1.17 bits per heavy atom. The fraction of sp³-hybridized carbons (Fsp3) is 1.00. The third-order valence-electron chi connectivity index (χ3n) is 2.27. The second-order valence-corrected chi connectivity index (χ2v) is 3.90. The minimum atomic E-state index is 0.669. The van der Waals surface area contributed by atoms with Crippen molar-refractivity contribution in [3.05, 3.63) is 0 Å². The molecule has 1 saturated heterocycles. The molecule has 1 rings (SSSR count). The summed E-state index contributed by atoms with van der Waals surface area (Å²) in [5, 5.41) is 0. The first-order valence-corrected chi connectivity index (χ1v) is 5.52. The Labute approximate surface area is 83.9 Å². The van der Waals surface area contributed by atoms with Crippen molar-refractivity contribution in [3.63, 3.8) is 0 Å². The average Bonchev–Trinajstić information content (AvgIpc) is 2.51. The van der Waals surface area contributed by atoms with Crippen molar-refractivity contribution in [1.82, 2.24) is 0 Å². The number of alkyl halides is 2. The van der Waals surface area contributed by atoms with E-state index < -0.39 is 0 Å². The molecule has 0 amide bonds. The Bertz CT molecular complexity index is 126. The number of hydroxylamine groups is 3. The molecular formula is C8H16Cl2NO+. The molecule has 0 spiro atoms. The molecule has 1 aliphatic heterocycles. The molecule has 0 aromatic heterocycles. The number of quaternary nitrogens is 1. The molecule has 1 heterocycles. The fourth-order valence-electron chi connectivity index (χ4n) is 1.64. The van der Waals surface area contributed by atoms with Gasteiger partial charge < -0.3 is 0 Å². The molecule has 1 atom stereocenters. The summed E-state index contributed by atoms with van der Waals surface area (Å²) in [7, 11) is 0. The van der Waals surface area contributed by atoms with Crippen molar-refractivity contribution >= 4 is 23.2 Å². The Morgan fingerprint density at radius 2 is 2.00 bits per heavy atom. The van der Waals surface area contributed by atoms with Crippen molar-refractivity contribution in [3.8, 4) is 0 Å². The van der Waals surface area contributed by atoms with E-state index in [-0.39, 0.29) is 0 Å². The SMILES string of the molecule is ClCCC[N+]1(CCCl)CCCO1. The molecule has 0 aliphatic carbocycles. The highest BCUT2D eigenvalue weighted by Crippen LogP contribution is 2.18. The number of halogens is 2. The van der Waals surface area contributed by atoms with Gasteiger partial charge >= 0.3 is 0 Å². The van der Waals surface area contributed by atoms with E-state index in [1.807, 2.05) is 0 Å². The molecule has 0 aromatic carbocycles. The first kappa shape index (κ1) is 10.6. The summed E-state index contributed by atoms with van der Waals surface area (Å²) in [5.74, 6) is 1.38. The van der Waals surface area contributed by atoms with Crippen LogP contribution in [-0.4, -0.2) is 42.6 Å². The first-order chi connectivity index (χ1) is 5.83. The predicted molar refractivity (Wildman–Crippen MR) is 51.5 cm³/mol. The molecule has 0 radical (unpaired) electrons. The van der Waals surface area contributed by atoms with Gasteiger partial charge in [0.1, 0.15) is 26.2 Å². The van der Waals surface area contributed by atoms with Crippen LogP contribution in [0, 0.1) is 0 Å². The van der Waals surface area contributed by atoms with Crippen molar-refractivity contribution in [2.24, 2.45) is 0 Å². The fourth-order valence-corrected chi connectivity index (χ4v) is 2.07. The molecule has 4 heteroatoms. The van der Waals surface area contributed by atoms with E-state index in [1.54, 1.807) is 0 Å². The third-order valence-corrected chi connectivity index (χ3v) is 2.70. The smallest absolute Gasteiger partial charge is 0.122 e. The Morgan fingerprint density at radius 3 is 2.50 bits per heavy atom. The molecule has 1 unspecified atom stereocenters. The van der Waals surface area contributed by atoms with Crippen LogP contribution in [0.15, 0.2) is 0 Å². The van der Waals surface area contributed by atoms with E-state index in [0.29, 0.717) is 11.8 Å². The topological polar surface area (TPSA) is 9.23 Å². The Kier molecular flexibility index (Phi) is 4.65. The molecule has 1 fully saturated rings. The molecule has 0 aromatic rings. The molecular weight excluding hydrogens is 197 g/mol. The van der Waals surface area contributed by atoms with Gasteiger partial charge in [0.2, 0.25) is 0 Å². The second-order valence-electron chi connectivity index (χ2n) is 3.15. The largest absolute Gasteiger partial charge is 0.203 e. The van der Waals surface area contributed by atoms with Crippen molar-refractivity contribution < 1.29 is 9.48 Å². The molecule has 2 nitrogen and oxygen atoms in total. The van der Waals surface area contributed by atoms with Crippen LogP contribution < -0.4 is 0 Å². The zero-order valence-electron chi connectivity index (χ0n) is 7.27. The quantitative estimate of drug-likeness (QED) is 0.501. The lowest BCUT2D eigenvalue weighted by atomic mass is 10.3. The zero-order valence-corrected chi connectivity index (χ0v) is 8.78. The second kappa shape index (κ2) is 5.28. The molecule has 0 saturated carbocycles. The van der Waals surface area contributed by atoms with Crippen LogP contribution in [0.3, 0.4) is 0 Å². The lowest BCUT2D eigenvalue weighted by molar-refractivity contribution is -1.09. The number of hydrogen-bond acceptors (Lipinski definition) is 1. The van der Waals surface area contributed by atoms with Crippen LogP contribution in [0.1, 0.15) is 12.8 Å². The van der Waals surface area contributed by atoms with Gasteiger partial charge in [0.25, 0.3) is 0 Å². The lowest BCUT2D eigenvalue weighted by Crippen LogP contribution is -2.46. The van der Waals surface area contributed by atoms with E-state index >= 15 is 0 Å². The summed E-state index contributed by atoms with van der Waals surface area (Å²) in [5.41, 5.74) is 0. The van der Waals surface area contributed by atoms with Crippen molar-refractivity contribution in [1.29, 1.82) is 0 Å². The van der Waals surface area contributed by atoms with Gasteiger partial charge in [-0.25, -0.2) is 4.84 Å². The number of nitrogens with zero attached hydrogens (tertiary/aromatic N) is 1. The summed E-state index contributed by atoms with van der Waals surface area (Å²) in [6, 6.07) is 0. The standard InChI is InChI=1S/C8H16Cl2NO/c9-3-1-5-11(7-4-10)6-2-8-12-11/h1-8H2/q+1. The number of rotatable bonds is 5. The van der Waals surface area contributed by atoms with Crippen LogP contribution in [0.2, 0.25) is 0 Å². The number of hydrogen-bond donors (Lipinski definition) is 0. The minimum Gasteiger partial charge on any atom is -0.203 e. The van der Waals surface area contributed by atoms with Gasteiger partial charge in [0, 0.05) is 18.7 Å². The van der Waals surface area contributed by atoms with Crippen molar-refractivity contribution in [2.45, 2.75) is 12.8 Å². The summed E-state index contributed by atoms with van der Waals surface area (Å²) in [6.45, 7) is 3.90. The summed E-state index contributed by atoms with van der Waals surface area (Å²) in [4.78, 5) is 5.68. The minimum absolute atomic E-state index is 0.669. The highest BCUT2D eigenvalue weighted by atomic mass is 35.5. The van der Waals surface area contributed by atoms with Crippen LogP contribution in [0.4, 0.5) is 0 Å². The maximum Gasteiger partial charge on any atom is 0.122 e. The van der Waals surface area contributed by atoms with Gasteiger partial charge in [-0.05, 0) is 0 Å². The maximum atomic E-state index is 5.72. The predicted octanol–water partition coefficient (Wildman–Crippen LogP) is 2.01.